The van der Waals surface area contributed by atoms with Crippen LogP contribution in [-0.4, -0.2) is 23.5 Å². The van der Waals surface area contributed by atoms with Crippen molar-refractivity contribution in [3.8, 4) is 5.75 Å². The molecule has 0 aliphatic rings. The normalized spacial score (nSPS) is 11.5. The molecule has 0 spiro atoms. The molecule has 0 unspecified atom stereocenters. The zero-order chi connectivity index (χ0) is 19.3. The third-order valence-electron chi connectivity index (χ3n) is 3.62. The maximum absolute atomic E-state index is 12.6. The molecule has 2 rings (SSSR count). The van der Waals surface area contributed by atoms with E-state index >= 15 is 0 Å². The Kier molecular flexibility index (Phi) is 6.23. The molecule has 0 saturated heterocycles. The van der Waals surface area contributed by atoms with Gasteiger partial charge in [-0.05, 0) is 57.0 Å². The maximum Gasteiger partial charge on any atom is 0.433 e. The fourth-order valence-electron chi connectivity index (χ4n) is 2.38. The van der Waals surface area contributed by atoms with Gasteiger partial charge in [0.05, 0.1) is 17.4 Å². The number of hydrogen-bond acceptors (Lipinski definition) is 3. The third kappa shape index (κ3) is 5.47. The van der Waals surface area contributed by atoms with Crippen molar-refractivity contribution in [1.82, 2.24) is 10.3 Å². The molecule has 0 radical (unpaired) electrons. The predicted molar refractivity (Wildman–Crippen MR) is 92.2 cm³/mol. The predicted octanol–water partition coefficient (Wildman–Crippen LogP) is 4.17. The number of carbonyl (C=O) groups excluding carboxylic acids is 1. The van der Waals surface area contributed by atoms with E-state index in [9.17, 15) is 18.0 Å². The number of benzene rings is 1. The Morgan fingerprint density at radius 1 is 1.15 bits per heavy atom. The highest BCUT2D eigenvalue weighted by atomic mass is 19.4. The Balaban J connectivity index is 1.91. The van der Waals surface area contributed by atoms with Gasteiger partial charge in [0.1, 0.15) is 11.4 Å². The Morgan fingerprint density at radius 3 is 2.35 bits per heavy atom. The minimum Gasteiger partial charge on any atom is -0.491 e. The van der Waals surface area contributed by atoms with Gasteiger partial charge in [0.2, 0.25) is 0 Å². The van der Waals surface area contributed by atoms with Crippen LogP contribution < -0.4 is 10.1 Å². The number of nitrogens with zero attached hydrogens (tertiary/aromatic N) is 1. The molecule has 1 aromatic heterocycles. The van der Waals surface area contributed by atoms with Crippen LogP contribution in [0, 0.1) is 6.92 Å². The zero-order valence-corrected chi connectivity index (χ0v) is 14.9. The van der Waals surface area contributed by atoms with E-state index in [1.54, 1.807) is 0 Å². The van der Waals surface area contributed by atoms with Crippen LogP contribution in [0.15, 0.2) is 36.4 Å². The standard InChI is InChI=1S/C19H21F3N2O2/c1-12(2)26-15-6-4-14(5-7-15)10-11-23-18(25)16-8-9-17(19(20,21)22)24-13(16)3/h4-9,12H,10-11H2,1-3H3,(H,23,25). The first-order valence-electron chi connectivity index (χ1n) is 8.25. The molecule has 7 heteroatoms. The van der Waals surface area contributed by atoms with E-state index in [-0.39, 0.29) is 17.4 Å². The van der Waals surface area contributed by atoms with Crippen LogP contribution in [0.2, 0.25) is 0 Å². The third-order valence-corrected chi connectivity index (χ3v) is 3.62. The van der Waals surface area contributed by atoms with Crippen molar-refractivity contribution >= 4 is 5.91 Å². The summed E-state index contributed by atoms with van der Waals surface area (Å²) in [5.41, 5.74) is 0.199. The van der Waals surface area contributed by atoms with Crippen LogP contribution in [-0.2, 0) is 12.6 Å². The van der Waals surface area contributed by atoms with Crippen LogP contribution >= 0.6 is 0 Å². The molecule has 1 N–H and O–H groups in total. The molecule has 26 heavy (non-hydrogen) atoms. The van der Waals surface area contributed by atoms with Crippen molar-refractivity contribution < 1.29 is 22.7 Å². The fourth-order valence-corrected chi connectivity index (χ4v) is 2.38. The first-order chi connectivity index (χ1) is 12.2. The van der Waals surface area contributed by atoms with Crippen molar-refractivity contribution in [2.75, 3.05) is 6.54 Å². The molecule has 4 nitrogen and oxygen atoms in total. The Labute approximate surface area is 150 Å². The number of pyridine rings is 1. The molecular weight excluding hydrogens is 345 g/mol. The minimum absolute atomic E-state index is 0.0486. The van der Waals surface area contributed by atoms with E-state index < -0.39 is 17.8 Å². The van der Waals surface area contributed by atoms with Gasteiger partial charge < -0.3 is 10.1 Å². The molecule has 2 aromatic rings. The first-order valence-corrected chi connectivity index (χ1v) is 8.25. The highest BCUT2D eigenvalue weighted by Crippen LogP contribution is 2.28. The van der Waals surface area contributed by atoms with Crippen molar-refractivity contribution in [2.24, 2.45) is 0 Å². The van der Waals surface area contributed by atoms with E-state index in [0.29, 0.717) is 13.0 Å². The Morgan fingerprint density at radius 2 is 1.81 bits per heavy atom. The number of aryl methyl sites for hydroxylation is 1. The van der Waals surface area contributed by atoms with Gasteiger partial charge >= 0.3 is 6.18 Å². The van der Waals surface area contributed by atoms with E-state index in [1.165, 1.54) is 6.92 Å². The summed E-state index contributed by atoms with van der Waals surface area (Å²) in [5, 5.41) is 2.70. The average Bonchev–Trinajstić information content (AvgIpc) is 2.55. The van der Waals surface area contributed by atoms with Crippen molar-refractivity contribution in [3.05, 3.63) is 58.9 Å². The van der Waals surface area contributed by atoms with Gasteiger partial charge in [-0.2, -0.15) is 13.2 Å². The first kappa shape index (κ1) is 19.8. The summed E-state index contributed by atoms with van der Waals surface area (Å²) in [7, 11) is 0. The second-order valence-corrected chi connectivity index (χ2v) is 6.14. The summed E-state index contributed by atoms with van der Waals surface area (Å²) >= 11 is 0. The lowest BCUT2D eigenvalue weighted by Gasteiger charge is -2.11. The number of aromatic nitrogens is 1. The van der Waals surface area contributed by atoms with E-state index in [1.807, 2.05) is 38.1 Å². The van der Waals surface area contributed by atoms with Gasteiger partial charge in [-0.3, -0.25) is 4.79 Å². The quantitative estimate of drug-likeness (QED) is 0.835. The molecule has 0 fully saturated rings. The number of hydrogen-bond donors (Lipinski definition) is 1. The second kappa shape index (κ2) is 8.21. The van der Waals surface area contributed by atoms with Gasteiger partial charge in [-0.25, -0.2) is 4.98 Å². The van der Waals surface area contributed by atoms with Crippen LogP contribution in [0.25, 0.3) is 0 Å². The maximum atomic E-state index is 12.6. The number of nitrogens with one attached hydrogen (secondary N) is 1. The summed E-state index contributed by atoms with van der Waals surface area (Å²) in [5.74, 6) is 0.336. The van der Waals surface area contributed by atoms with Gasteiger partial charge in [0.25, 0.3) is 5.91 Å². The molecule has 1 amide bonds. The Hall–Kier alpha value is -2.57. The Bertz CT molecular complexity index is 756. The van der Waals surface area contributed by atoms with Crippen molar-refractivity contribution in [1.29, 1.82) is 0 Å². The van der Waals surface area contributed by atoms with Gasteiger partial charge in [-0.1, -0.05) is 12.1 Å². The highest BCUT2D eigenvalue weighted by molar-refractivity contribution is 5.95. The smallest absolute Gasteiger partial charge is 0.433 e. The topological polar surface area (TPSA) is 51.2 Å². The lowest BCUT2D eigenvalue weighted by molar-refractivity contribution is -0.141. The van der Waals surface area contributed by atoms with Gasteiger partial charge in [0, 0.05) is 6.54 Å². The van der Waals surface area contributed by atoms with Crippen LogP contribution in [0.3, 0.4) is 0 Å². The number of halogens is 3. The van der Waals surface area contributed by atoms with E-state index in [4.69, 9.17) is 4.74 Å². The number of rotatable bonds is 6. The summed E-state index contributed by atoms with van der Waals surface area (Å²) in [4.78, 5) is 15.6. The molecule has 1 aromatic carbocycles. The van der Waals surface area contributed by atoms with E-state index in [2.05, 4.69) is 10.3 Å². The molecular formula is C19H21F3N2O2. The second-order valence-electron chi connectivity index (χ2n) is 6.14. The average molecular weight is 366 g/mol. The summed E-state index contributed by atoms with van der Waals surface area (Å²) in [6.45, 7) is 5.64. The van der Waals surface area contributed by atoms with Gasteiger partial charge in [0.15, 0.2) is 0 Å². The van der Waals surface area contributed by atoms with E-state index in [0.717, 1.165) is 23.4 Å². The van der Waals surface area contributed by atoms with Crippen LogP contribution in [0.1, 0.15) is 41.2 Å². The SMILES string of the molecule is Cc1nc(C(F)(F)F)ccc1C(=O)NCCc1ccc(OC(C)C)cc1. The van der Waals surface area contributed by atoms with Crippen LogP contribution in [0.4, 0.5) is 13.2 Å². The lowest BCUT2D eigenvalue weighted by Crippen LogP contribution is -2.27. The largest absolute Gasteiger partial charge is 0.491 e. The number of alkyl halides is 3. The number of amides is 1. The van der Waals surface area contributed by atoms with Crippen molar-refractivity contribution in [2.45, 2.75) is 39.5 Å². The minimum atomic E-state index is -4.52. The summed E-state index contributed by atoms with van der Waals surface area (Å²) in [6, 6.07) is 9.51. The zero-order valence-electron chi connectivity index (χ0n) is 14.9. The monoisotopic (exact) mass is 366 g/mol. The summed E-state index contributed by atoms with van der Waals surface area (Å²) < 4.78 is 43.4. The molecule has 1 heterocycles. The number of ether oxygens (including phenoxy) is 1. The number of carbonyl (C=O) groups is 1. The van der Waals surface area contributed by atoms with Crippen LogP contribution in [0.5, 0.6) is 5.75 Å². The fraction of sp³-hybridized carbons (Fsp3) is 0.368. The molecule has 0 atom stereocenters. The molecule has 0 bridgehead atoms. The van der Waals surface area contributed by atoms with Gasteiger partial charge in [-0.15, -0.1) is 0 Å². The van der Waals surface area contributed by atoms with Crippen molar-refractivity contribution in [3.63, 3.8) is 0 Å². The molecule has 0 aliphatic heterocycles. The molecule has 140 valence electrons. The highest BCUT2D eigenvalue weighted by Gasteiger charge is 2.33. The molecule has 0 aliphatic carbocycles. The molecule has 0 saturated carbocycles. The lowest BCUT2D eigenvalue weighted by atomic mass is 10.1. The summed E-state index contributed by atoms with van der Waals surface area (Å²) in [6.07, 6.45) is -3.83.